The molecule has 0 aliphatic heterocycles. The molecular formula is C13H11BrClNS. The molecule has 0 heterocycles. The first kappa shape index (κ1) is 12.8. The van der Waals surface area contributed by atoms with Crippen LogP contribution in [0.15, 0.2) is 51.8 Å². The molecule has 0 spiro atoms. The lowest BCUT2D eigenvalue weighted by Gasteiger charge is -2.05. The zero-order valence-corrected chi connectivity index (χ0v) is 12.1. The van der Waals surface area contributed by atoms with E-state index in [-0.39, 0.29) is 0 Å². The molecule has 0 radical (unpaired) electrons. The van der Waals surface area contributed by atoms with Gasteiger partial charge in [0.2, 0.25) is 0 Å². The van der Waals surface area contributed by atoms with Crippen molar-refractivity contribution in [2.75, 3.05) is 5.73 Å². The van der Waals surface area contributed by atoms with E-state index in [1.807, 2.05) is 36.4 Å². The first-order valence-corrected chi connectivity index (χ1v) is 7.23. The Bertz CT molecular complexity index is 531. The van der Waals surface area contributed by atoms with Crippen molar-refractivity contribution in [3.8, 4) is 0 Å². The van der Waals surface area contributed by atoms with E-state index in [0.717, 1.165) is 20.9 Å². The quantitative estimate of drug-likeness (QED) is 0.635. The van der Waals surface area contributed by atoms with Crippen molar-refractivity contribution in [1.82, 2.24) is 0 Å². The molecule has 2 aromatic carbocycles. The van der Waals surface area contributed by atoms with Gasteiger partial charge in [0.25, 0.3) is 0 Å². The van der Waals surface area contributed by atoms with Gasteiger partial charge in [0.1, 0.15) is 0 Å². The van der Waals surface area contributed by atoms with E-state index in [1.165, 1.54) is 10.5 Å². The van der Waals surface area contributed by atoms with Crippen molar-refractivity contribution in [3.63, 3.8) is 0 Å². The molecule has 0 unspecified atom stereocenters. The Labute approximate surface area is 118 Å². The molecule has 4 heteroatoms. The number of anilines is 1. The van der Waals surface area contributed by atoms with Gasteiger partial charge in [-0.15, -0.1) is 11.8 Å². The lowest BCUT2D eigenvalue weighted by Crippen LogP contribution is -1.88. The van der Waals surface area contributed by atoms with E-state index in [9.17, 15) is 0 Å². The molecule has 0 saturated heterocycles. The minimum absolute atomic E-state index is 0.770. The summed E-state index contributed by atoms with van der Waals surface area (Å²) in [6.45, 7) is 0. The molecule has 2 N–H and O–H groups in total. The summed E-state index contributed by atoms with van der Waals surface area (Å²) in [5, 5.41) is 0.770. The molecule has 0 aliphatic rings. The predicted octanol–water partition coefficient (Wildman–Crippen LogP) is 4.98. The second-order valence-corrected chi connectivity index (χ2v) is 5.94. The highest BCUT2D eigenvalue weighted by Gasteiger charge is 2.02. The number of nitrogen functional groups attached to an aromatic ring is 1. The Morgan fingerprint density at radius 3 is 2.71 bits per heavy atom. The normalized spacial score (nSPS) is 10.5. The fourth-order valence-electron chi connectivity index (χ4n) is 1.40. The standard InChI is InChI=1S/C13H11BrClNS/c14-13-7-11(16)5-4-9(13)8-17-12-3-1-2-10(15)6-12/h1-7H,8,16H2. The van der Waals surface area contributed by atoms with Crippen molar-refractivity contribution in [1.29, 1.82) is 0 Å². The maximum atomic E-state index is 5.94. The summed E-state index contributed by atoms with van der Waals surface area (Å²) in [5.41, 5.74) is 7.70. The third kappa shape index (κ3) is 3.66. The molecule has 0 aliphatic carbocycles. The fourth-order valence-corrected chi connectivity index (χ4v) is 3.33. The summed E-state index contributed by atoms with van der Waals surface area (Å²) in [6, 6.07) is 13.7. The molecule has 0 saturated carbocycles. The van der Waals surface area contributed by atoms with Crippen LogP contribution in [0.1, 0.15) is 5.56 Å². The van der Waals surface area contributed by atoms with Gasteiger partial charge < -0.3 is 5.73 Å². The predicted molar refractivity (Wildman–Crippen MR) is 79.6 cm³/mol. The molecule has 0 amide bonds. The number of nitrogens with two attached hydrogens (primary N) is 1. The van der Waals surface area contributed by atoms with Crippen LogP contribution < -0.4 is 5.73 Å². The van der Waals surface area contributed by atoms with E-state index < -0.39 is 0 Å². The molecule has 0 fully saturated rings. The van der Waals surface area contributed by atoms with Gasteiger partial charge in [0.15, 0.2) is 0 Å². The van der Waals surface area contributed by atoms with E-state index >= 15 is 0 Å². The molecule has 1 nitrogen and oxygen atoms in total. The molecule has 2 rings (SSSR count). The largest absolute Gasteiger partial charge is 0.399 e. The molecule has 17 heavy (non-hydrogen) atoms. The van der Waals surface area contributed by atoms with Crippen LogP contribution in [0, 0.1) is 0 Å². The van der Waals surface area contributed by atoms with Crippen LogP contribution in [-0.2, 0) is 5.75 Å². The number of thioether (sulfide) groups is 1. The van der Waals surface area contributed by atoms with Gasteiger partial charge in [-0.3, -0.25) is 0 Å². The minimum atomic E-state index is 0.770. The summed E-state index contributed by atoms with van der Waals surface area (Å²) in [6.07, 6.45) is 0. The molecule has 88 valence electrons. The van der Waals surface area contributed by atoms with Gasteiger partial charge >= 0.3 is 0 Å². The lowest BCUT2D eigenvalue weighted by atomic mass is 10.2. The van der Waals surface area contributed by atoms with Gasteiger partial charge in [-0.25, -0.2) is 0 Å². The lowest BCUT2D eigenvalue weighted by molar-refractivity contribution is 1.36. The average Bonchev–Trinajstić information content (AvgIpc) is 2.28. The second kappa shape index (κ2) is 5.80. The number of hydrogen-bond acceptors (Lipinski definition) is 2. The molecule has 0 bridgehead atoms. The van der Waals surface area contributed by atoms with Crippen LogP contribution in [0.3, 0.4) is 0 Å². The smallest absolute Gasteiger partial charge is 0.0417 e. The van der Waals surface area contributed by atoms with E-state index in [2.05, 4.69) is 22.0 Å². The minimum Gasteiger partial charge on any atom is -0.399 e. The monoisotopic (exact) mass is 327 g/mol. The summed E-state index contributed by atoms with van der Waals surface area (Å²) >= 11 is 11.2. The Morgan fingerprint density at radius 2 is 2.00 bits per heavy atom. The van der Waals surface area contributed by atoms with Crippen molar-refractivity contribution in [2.45, 2.75) is 10.6 Å². The third-order valence-corrected chi connectivity index (χ3v) is 4.28. The van der Waals surface area contributed by atoms with E-state index in [4.69, 9.17) is 17.3 Å². The maximum Gasteiger partial charge on any atom is 0.0417 e. The molecule has 0 aromatic heterocycles. The second-order valence-electron chi connectivity index (χ2n) is 3.60. The van der Waals surface area contributed by atoms with Crippen LogP contribution in [-0.4, -0.2) is 0 Å². The third-order valence-electron chi connectivity index (χ3n) is 2.27. The topological polar surface area (TPSA) is 26.0 Å². The van der Waals surface area contributed by atoms with Gasteiger partial charge in [0.05, 0.1) is 0 Å². The summed E-state index contributed by atoms with van der Waals surface area (Å²) < 4.78 is 1.05. The highest BCUT2D eigenvalue weighted by molar-refractivity contribution is 9.10. The van der Waals surface area contributed by atoms with E-state index in [1.54, 1.807) is 11.8 Å². The summed E-state index contributed by atoms with van der Waals surface area (Å²) in [7, 11) is 0. The van der Waals surface area contributed by atoms with Crippen LogP contribution in [0.4, 0.5) is 5.69 Å². The summed E-state index contributed by atoms with van der Waals surface area (Å²) in [4.78, 5) is 1.17. The van der Waals surface area contributed by atoms with Crippen molar-refractivity contribution in [2.24, 2.45) is 0 Å². The fraction of sp³-hybridized carbons (Fsp3) is 0.0769. The number of benzene rings is 2. The van der Waals surface area contributed by atoms with Crippen LogP contribution in [0.25, 0.3) is 0 Å². The number of hydrogen-bond donors (Lipinski definition) is 1. The first-order valence-electron chi connectivity index (χ1n) is 5.07. The highest BCUT2D eigenvalue weighted by atomic mass is 79.9. The maximum absolute atomic E-state index is 5.94. The molecule has 0 atom stereocenters. The molecule has 2 aromatic rings. The molecular weight excluding hydrogens is 318 g/mol. The van der Waals surface area contributed by atoms with Crippen molar-refractivity contribution >= 4 is 45.0 Å². The van der Waals surface area contributed by atoms with Gasteiger partial charge in [-0.2, -0.15) is 0 Å². The Morgan fingerprint density at radius 1 is 1.18 bits per heavy atom. The van der Waals surface area contributed by atoms with Gasteiger partial charge in [-0.1, -0.05) is 39.7 Å². The number of rotatable bonds is 3. The Hall–Kier alpha value is -0.640. The van der Waals surface area contributed by atoms with Crippen LogP contribution in [0.5, 0.6) is 0 Å². The Balaban J connectivity index is 2.07. The van der Waals surface area contributed by atoms with Gasteiger partial charge in [-0.05, 0) is 35.9 Å². The van der Waals surface area contributed by atoms with Crippen molar-refractivity contribution in [3.05, 3.63) is 57.5 Å². The number of halogens is 2. The average molecular weight is 329 g/mol. The zero-order chi connectivity index (χ0) is 12.3. The highest BCUT2D eigenvalue weighted by Crippen LogP contribution is 2.29. The zero-order valence-electron chi connectivity index (χ0n) is 8.99. The van der Waals surface area contributed by atoms with Crippen molar-refractivity contribution < 1.29 is 0 Å². The first-order chi connectivity index (χ1) is 8.15. The van der Waals surface area contributed by atoms with Gasteiger partial charge in [0, 0.05) is 25.8 Å². The Kier molecular flexibility index (Phi) is 4.37. The van der Waals surface area contributed by atoms with E-state index in [0.29, 0.717) is 0 Å². The SMILES string of the molecule is Nc1ccc(CSc2cccc(Cl)c2)c(Br)c1. The summed E-state index contributed by atoms with van der Waals surface area (Å²) in [5.74, 6) is 0.890. The van der Waals surface area contributed by atoms with Crippen LogP contribution >= 0.6 is 39.3 Å². The van der Waals surface area contributed by atoms with Crippen LogP contribution in [0.2, 0.25) is 5.02 Å².